The lowest BCUT2D eigenvalue weighted by Gasteiger charge is -2.41. The number of carbonyl (C=O) groups is 1. The van der Waals surface area contributed by atoms with E-state index in [1.807, 2.05) is 81.1 Å². The van der Waals surface area contributed by atoms with Gasteiger partial charge in [0.15, 0.2) is 5.65 Å². The summed E-state index contributed by atoms with van der Waals surface area (Å²) in [6.07, 6.45) is 5.63. The standard InChI is InChI=1S/C33H41N7O2/c1-6-12-28(38-21-18-24(19-22-38)39(7-2)32(41)42-33(3,4)5)40-30(25-15-11-20-35-29(25)34)37-27-17-16-26(36-31(27)40)23-13-9-8-10-14-23/h6,8-11,13-17,20,24,28H,1,7,12,18-19,21-22H2,2-5H3,(H2,34,35). The average Bonchev–Trinajstić information content (AvgIpc) is 3.35. The number of hydrogen-bond acceptors (Lipinski definition) is 7. The SMILES string of the molecule is C=CCC(N1CCC(N(CC)C(=O)OC(C)(C)C)CC1)n1c(-c2cccnc2N)nc2ccc(-c3ccccc3)nc21. The molecule has 42 heavy (non-hydrogen) atoms. The number of amides is 1. The predicted octanol–water partition coefficient (Wildman–Crippen LogP) is 6.54. The number of ether oxygens (including phenoxy) is 1. The van der Waals surface area contributed by atoms with Gasteiger partial charge in [0.2, 0.25) is 0 Å². The maximum atomic E-state index is 13.0. The van der Waals surface area contributed by atoms with Crippen LogP contribution in [0.15, 0.2) is 73.4 Å². The van der Waals surface area contributed by atoms with Crippen LogP contribution in [0.4, 0.5) is 10.6 Å². The van der Waals surface area contributed by atoms with Crippen LogP contribution in [0.1, 0.15) is 53.1 Å². The Morgan fingerprint density at radius 2 is 1.86 bits per heavy atom. The Bertz CT molecular complexity index is 1540. The average molecular weight is 568 g/mol. The first-order valence-corrected chi connectivity index (χ1v) is 14.7. The minimum absolute atomic E-state index is 0.0989. The molecule has 9 heteroatoms. The van der Waals surface area contributed by atoms with Gasteiger partial charge in [-0.3, -0.25) is 9.47 Å². The Morgan fingerprint density at radius 1 is 1.12 bits per heavy atom. The Kier molecular flexibility index (Phi) is 8.59. The number of fused-ring (bicyclic) bond motifs is 1. The van der Waals surface area contributed by atoms with Crippen molar-refractivity contribution in [2.24, 2.45) is 0 Å². The van der Waals surface area contributed by atoms with Gasteiger partial charge in [-0.05, 0) is 71.2 Å². The fourth-order valence-corrected chi connectivity index (χ4v) is 5.74. The molecular weight excluding hydrogens is 526 g/mol. The molecular formula is C33H41N7O2. The number of benzene rings is 1. The molecule has 0 radical (unpaired) electrons. The van der Waals surface area contributed by atoms with Crippen LogP contribution in [-0.4, -0.2) is 66.7 Å². The van der Waals surface area contributed by atoms with Crippen molar-refractivity contribution in [3.63, 3.8) is 0 Å². The largest absolute Gasteiger partial charge is 0.444 e. The predicted molar refractivity (Wildman–Crippen MR) is 168 cm³/mol. The number of aromatic nitrogens is 4. The van der Waals surface area contributed by atoms with E-state index in [1.165, 1.54) is 0 Å². The van der Waals surface area contributed by atoms with Gasteiger partial charge < -0.3 is 15.4 Å². The maximum absolute atomic E-state index is 13.0. The molecule has 1 amide bonds. The van der Waals surface area contributed by atoms with E-state index in [0.29, 0.717) is 18.8 Å². The number of nitrogen functional groups attached to an aromatic ring is 1. The van der Waals surface area contributed by atoms with Crippen molar-refractivity contribution in [1.82, 2.24) is 29.3 Å². The van der Waals surface area contributed by atoms with Crippen LogP contribution in [-0.2, 0) is 4.74 Å². The molecule has 1 aromatic carbocycles. The zero-order valence-corrected chi connectivity index (χ0v) is 25.0. The van der Waals surface area contributed by atoms with Crippen LogP contribution < -0.4 is 5.73 Å². The third-order valence-corrected chi connectivity index (χ3v) is 7.69. The van der Waals surface area contributed by atoms with E-state index in [0.717, 1.165) is 59.7 Å². The molecule has 1 aliphatic heterocycles. The maximum Gasteiger partial charge on any atom is 0.410 e. The fraction of sp³-hybridized carbons (Fsp3) is 0.394. The summed E-state index contributed by atoms with van der Waals surface area (Å²) in [5.74, 6) is 1.15. The Labute approximate surface area is 248 Å². The molecule has 0 spiro atoms. The number of rotatable bonds is 8. The lowest BCUT2D eigenvalue weighted by atomic mass is 10.0. The van der Waals surface area contributed by atoms with Gasteiger partial charge in [0, 0.05) is 37.4 Å². The Morgan fingerprint density at radius 3 is 2.50 bits per heavy atom. The second-order valence-corrected chi connectivity index (χ2v) is 11.7. The number of nitrogens with two attached hydrogens (primary N) is 1. The van der Waals surface area contributed by atoms with E-state index in [1.54, 1.807) is 6.20 Å². The van der Waals surface area contributed by atoms with Crippen molar-refractivity contribution < 1.29 is 9.53 Å². The minimum atomic E-state index is -0.529. The van der Waals surface area contributed by atoms with Gasteiger partial charge >= 0.3 is 6.09 Å². The smallest absolute Gasteiger partial charge is 0.410 e. The molecule has 9 nitrogen and oxygen atoms in total. The zero-order chi connectivity index (χ0) is 29.9. The highest BCUT2D eigenvalue weighted by Crippen LogP contribution is 2.35. The third-order valence-electron chi connectivity index (χ3n) is 7.69. The summed E-state index contributed by atoms with van der Waals surface area (Å²) in [5, 5.41) is 0. The Hall–Kier alpha value is -4.24. The van der Waals surface area contributed by atoms with Crippen LogP contribution in [0, 0.1) is 0 Å². The monoisotopic (exact) mass is 567 g/mol. The zero-order valence-electron chi connectivity index (χ0n) is 25.0. The topological polar surface area (TPSA) is 102 Å². The van der Waals surface area contributed by atoms with Gasteiger partial charge in [-0.25, -0.2) is 19.7 Å². The molecule has 3 aromatic heterocycles. The first-order valence-electron chi connectivity index (χ1n) is 14.7. The number of hydrogen-bond donors (Lipinski definition) is 1. The van der Waals surface area contributed by atoms with Gasteiger partial charge in [-0.1, -0.05) is 36.4 Å². The number of imidazole rings is 1. The molecule has 2 N–H and O–H groups in total. The number of piperidine rings is 1. The lowest BCUT2D eigenvalue weighted by Crippen LogP contribution is -2.50. The highest BCUT2D eigenvalue weighted by atomic mass is 16.6. The van der Waals surface area contributed by atoms with Crippen molar-refractivity contribution in [3.8, 4) is 22.6 Å². The second kappa shape index (κ2) is 12.3. The normalized spacial score (nSPS) is 15.4. The van der Waals surface area contributed by atoms with Crippen LogP contribution in [0.5, 0.6) is 0 Å². The highest BCUT2D eigenvalue weighted by Gasteiger charge is 2.34. The number of likely N-dealkylation sites (tertiary alicyclic amines) is 1. The van der Waals surface area contributed by atoms with Crippen LogP contribution in [0.25, 0.3) is 33.8 Å². The van der Waals surface area contributed by atoms with Crippen molar-refractivity contribution >= 4 is 23.1 Å². The molecule has 0 bridgehead atoms. The van der Waals surface area contributed by atoms with Gasteiger partial charge in [-0.2, -0.15) is 0 Å². The molecule has 4 heterocycles. The van der Waals surface area contributed by atoms with E-state index < -0.39 is 5.60 Å². The number of nitrogens with zero attached hydrogens (tertiary/aromatic N) is 6. The molecule has 1 fully saturated rings. The van der Waals surface area contributed by atoms with Crippen molar-refractivity contribution in [1.29, 1.82) is 0 Å². The van der Waals surface area contributed by atoms with Gasteiger partial charge in [0.05, 0.1) is 17.4 Å². The van der Waals surface area contributed by atoms with E-state index >= 15 is 0 Å². The minimum Gasteiger partial charge on any atom is -0.444 e. The number of carbonyl (C=O) groups excluding carboxylic acids is 1. The van der Waals surface area contributed by atoms with Gasteiger partial charge in [0.1, 0.15) is 22.8 Å². The summed E-state index contributed by atoms with van der Waals surface area (Å²) in [7, 11) is 0. The van der Waals surface area contributed by atoms with Gasteiger partial charge in [-0.15, -0.1) is 6.58 Å². The lowest BCUT2D eigenvalue weighted by molar-refractivity contribution is 0.00453. The fourth-order valence-electron chi connectivity index (χ4n) is 5.74. The molecule has 0 saturated carbocycles. The van der Waals surface area contributed by atoms with Crippen molar-refractivity contribution in [2.45, 2.75) is 64.8 Å². The summed E-state index contributed by atoms with van der Waals surface area (Å²) in [6, 6.07) is 18.1. The van der Waals surface area contributed by atoms with Gasteiger partial charge in [0.25, 0.3) is 0 Å². The molecule has 5 rings (SSSR count). The summed E-state index contributed by atoms with van der Waals surface area (Å²) in [5.41, 5.74) is 10.1. The Balaban J connectivity index is 1.53. The molecule has 0 aliphatic carbocycles. The van der Waals surface area contributed by atoms with E-state index in [2.05, 4.69) is 33.2 Å². The first-order chi connectivity index (χ1) is 20.2. The number of anilines is 1. The van der Waals surface area contributed by atoms with E-state index in [9.17, 15) is 4.79 Å². The summed E-state index contributed by atoms with van der Waals surface area (Å²) in [6.45, 7) is 14.0. The second-order valence-electron chi connectivity index (χ2n) is 11.7. The van der Waals surface area contributed by atoms with Crippen LogP contribution in [0.2, 0.25) is 0 Å². The van der Waals surface area contributed by atoms with Crippen molar-refractivity contribution in [3.05, 3.63) is 73.4 Å². The summed E-state index contributed by atoms with van der Waals surface area (Å²) in [4.78, 5) is 31.8. The molecule has 4 aromatic rings. The molecule has 1 saturated heterocycles. The highest BCUT2D eigenvalue weighted by molar-refractivity contribution is 5.82. The molecule has 1 atom stereocenters. The van der Waals surface area contributed by atoms with Crippen molar-refractivity contribution in [2.75, 3.05) is 25.4 Å². The van der Waals surface area contributed by atoms with E-state index in [-0.39, 0.29) is 18.3 Å². The number of pyridine rings is 2. The van der Waals surface area contributed by atoms with Crippen LogP contribution >= 0.6 is 0 Å². The first kappa shape index (κ1) is 29.3. The molecule has 1 aliphatic rings. The summed E-state index contributed by atoms with van der Waals surface area (Å²) >= 11 is 0. The van der Waals surface area contributed by atoms with E-state index in [4.69, 9.17) is 20.4 Å². The quantitative estimate of drug-likeness (QED) is 0.241. The third kappa shape index (κ3) is 6.16. The molecule has 220 valence electrons. The summed E-state index contributed by atoms with van der Waals surface area (Å²) < 4.78 is 7.91. The van der Waals surface area contributed by atoms with Crippen LogP contribution in [0.3, 0.4) is 0 Å². The molecule has 1 unspecified atom stereocenters.